The van der Waals surface area contributed by atoms with Gasteiger partial charge in [0, 0.05) is 5.88 Å². The molecule has 0 aliphatic carbocycles. The molecule has 1 heterocycles. The van der Waals surface area contributed by atoms with Gasteiger partial charge in [-0.15, -0.1) is 11.6 Å². The van der Waals surface area contributed by atoms with Crippen LogP contribution in [-0.2, 0) is 9.16 Å². The molecule has 0 saturated carbocycles. The molecule has 1 atom stereocenters. The predicted octanol–water partition coefficient (Wildman–Crippen LogP) is 6.08. The van der Waals surface area contributed by atoms with Gasteiger partial charge in [0.05, 0.1) is 19.3 Å². The summed E-state index contributed by atoms with van der Waals surface area (Å²) in [6.45, 7) is 19.5. The molecule has 2 nitrogen and oxygen atoms in total. The lowest BCUT2D eigenvalue weighted by Gasteiger charge is -2.42. The Labute approximate surface area is 149 Å². The van der Waals surface area contributed by atoms with Crippen molar-refractivity contribution < 1.29 is 9.16 Å². The molecule has 1 saturated heterocycles. The maximum absolute atomic E-state index is 6.63. The van der Waals surface area contributed by atoms with E-state index in [1.807, 2.05) is 0 Å². The lowest BCUT2D eigenvalue weighted by molar-refractivity contribution is 0.0604. The van der Waals surface area contributed by atoms with Gasteiger partial charge in [-0.2, -0.15) is 0 Å². The average molecular weight is 359 g/mol. The zero-order valence-corrected chi connectivity index (χ0v) is 17.6. The molecule has 0 aromatic heterocycles. The first-order chi connectivity index (χ1) is 10.8. The molecule has 4 heteroatoms. The van der Waals surface area contributed by atoms with Crippen molar-refractivity contribution in [3.8, 4) is 0 Å². The van der Waals surface area contributed by atoms with Crippen molar-refractivity contribution in [2.75, 3.05) is 19.1 Å². The van der Waals surface area contributed by atoms with Crippen LogP contribution in [0.3, 0.4) is 0 Å². The highest BCUT2D eigenvalue weighted by Gasteiger charge is 2.45. The molecule has 134 valence electrons. The fourth-order valence-electron chi connectivity index (χ4n) is 4.08. The Balaban J connectivity index is 2.65. The van der Waals surface area contributed by atoms with Crippen molar-refractivity contribution >= 4 is 19.9 Å². The summed E-state index contributed by atoms with van der Waals surface area (Å²) in [4.78, 5) is 0. The SMILES string of the molecule is C=C(CO[Si](C(C)C)(C(C)C)C(C)C)[C@H]1CC/C(=C\CCl)CO1. The summed E-state index contributed by atoms with van der Waals surface area (Å²) in [6.07, 6.45) is 4.23. The molecule has 1 aliphatic heterocycles. The Hall–Kier alpha value is -0.0931. The molecule has 0 radical (unpaired) electrons. The third kappa shape index (κ3) is 5.19. The first-order valence-electron chi connectivity index (χ1n) is 8.92. The second-order valence-electron chi connectivity index (χ2n) is 7.62. The third-order valence-corrected chi connectivity index (χ3v) is 11.4. The zero-order valence-electron chi connectivity index (χ0n) is 15.8. The van der Waals surface area contributed by atoms with Crippen molar-refractivity contribution in [1.82, 2.24) is 0 Å². The van der Waals surface area contributed by atoms with Crippen LogP contribution in [0.5, 0.6) is 0 Å². The molecule has 0 N–H and O–H groups in total. The van der Waals surface area contributed by atoms with Crippen LogP contribution in [0, 0.1) is 0 Å². The highest BCUT2D eigenvalue weighted by atomic mass is 35.5. The fraction of sp³-hybridized carbons (Fsp3) is 0.789. The third-order valence-electron chi connectivity index (χ3n) is 5.23. The van der Waals surface area contributed by atoms with E-state index in [4.69, 9.17) is 20.8 Å². The van der Waals surface area contributed by atoms with Crippen LogP contribution < -0.4 is 0 Å². The van der Waals surface area contributed by atoms with Crippen LogP contribution in [0.1, 0.15) is 54.4 Å². The molecular weight excluding hydrogens is 324 g/mol. The van der Waals surface area contributed by atoms with Crippen LogP contribution in [0.25, 0.3) is 0 Å². The topological polar surface area (TPSA) is 18.5 Å². The van der Waals surface area contributed by atoms with Gasteiger partial charge < -0.3 is 9.16 Å². The largest absolute Gasteiger partial charge is 0.412 e. The number of hydrogen-bond acceptors (Lipinski definition) is 2. The second kappa shape index (κ2) is 9.41. The van der Waals surface area contributed by atoms with Crippen molar-refractivity contribution in [3.05, 3.63) is 23.8 Å². The normalized spacial score (nSPS) is 21.7. The molecule has 0 unspecified atom stereocenters. The first-order valence-corrected chi connectivity index (χ1v) is 11.6. The molecule has 0 aromatic rings. The minimum absolute atomic E-state index is 0.126. The summed E-state index contributed by atoms with van der Waals surface area (Å²) in [5.41, 5.74) is 4.19. The average Bonchev–Trinajstić information content (AvgIpc) is 2.47. The van der Waals surface area contributed by atoms with Crippen LogP contribution >= 0.6 is 11.6 Å². The number of alkyl halides is 1. The standard InChI is InChI=1S/C19H35ClO2Si/c1-14(2)23(15(3)4,16(5)6)22-12-17(7)19-9-8-18(10-11-20)13-21-19/h10,14-16,19H,7-9,11-13H2,1-6H3/b18-10+/t19-/m1/s1. The van der Waals surface area contributed by atoms with Gasteiger partial charge in [0.2, 0.25) is 8.32 Å². The highest BCUT2D eigenvalue weighted by Crippen LogP contribution is 2.42. The van der Waals surface area contributed by atoms with E-state index in [1.54, 1.807) is 0 Å². The molecular formula is C19H35ClO2Si. The van der Waals surface area contributed by atoms with Crippen LogP contribution in [0.15, 0.2) is 23.8 Å². The van der Waals surface area contributed by atoms with Crippen LogP contribution in [0.2, 0.25) is 16.6 Å². The van der Waals surface area contributed by atoms with Gasteiger partial charge in [-0.05, 0) is 40.6 Å². The van der Waals surface area contributed by atoms with Crippen molar-refractivity contribution in [1.29, 1.82) is 0 Å². The Kier molecular flexibility index (Phi) is 8.57. The first kappa shape index (κ1) is 21.0. The summed E-state index contributed by atoms with van der Waals surface area (Å²) in [6, 6.07) is 0. The minimum Gasteiger partial charge on any atom is -0.412 e. The highest BCUT2D eigenvalue weighted by molar-refractivity contribution is 6.77. The van der Waals surface area contributed by atoms with Gasteiger partial charge in [0.1, 0.15) is 0 Å². The van der Waals surface area contributed by atoms with E-state index in [-0.39, 0.29) is 6.10 Å². The Morgan fingerprint density at radius 1 is 1.26 bits per heavy atom. The number of rotatable bonds is 8. The number of hydrogen-bond donors (Lipinski definition) is 0. The molecule has 0 bridgehead atoms. The summed E-state index contributed by atoms with van der Waals surface area (Å²) >= 11 is 5.76. The molecule has 0 amide bonds. The predicted molar refractivity (Wildman–Crippen MR) is 104 cm³/mol. The summed E-state index contributed by atoms with van der Waals surface area (Å²) in [5.74, 6) is 0.568. The van der Waals surface area contributed by atoms with E-state index in [9.17, 15) is 0 Å². The smallest absolute Gasteiger partial charge is 0.200 e. The van der Waals surface area contributed by atoms with E-state index in [0.29, 0.717) is 35.7 Å². The lowest BCUT2D eigenvalue weighted by atomic mass is 10.00. The molecule has 1 fully saturated rings. The lowest BCUT2D eigenvalue weighted by Crippen LogP contribution is -2.48. The van der Waals surface area contributed by atoms with E-state index in [1.165, 1.54) is 5.57 Å². The van der Waals surface area contributed by atoms with Gasteiger partial charge in [-0.1, -0.05) is 54.2 Å². The van der Waals surface area contributed by atoms with Gasteiger partial charge in [-0.3, -0.25) is 0 Å². The second-order valence-corrected chi connectivity index (χ2v) is 13.4. The maximum atomic E-state index is 6.63. The van der Waals surface area contributed by atoms with Crippen molar-refractivity contribution in [2.45, 2.75) is 77.1 Å². The molecule has 1 aliphatic rings. The molecule has 23 heavy (non-hydrogen) atoms. The monoisotopic (exact) mass is 358 g/mol. The van der Waals surface area contributed by atoms with E-state index in [0.717, 1.165) is 18.4 Å². The van der Waals surface area contributed by atoms with E-state index in [2.05, 4.69) is 54.2 Å². The van der Waals surface area contributed by atoms with Crippen LogP contribution in [-0.4, -0.2) is 33.5 Å². The van der Waals surface area contributed by atoms with Crippen LogP contribution in [0.4, 0.5) is 0 Å². The minimum atomic E-state index is -1.83. The Morgan fingerprint density at radius 2 is 1.83 bits per heavy atom. The van der Waals surface area contributed by atoms with Gasteiger partial charge in [0.15, 0.2) is 0 Å². The quantitative estimate of drug-likeness (QED) is 0.297. The van der Waals surface area contributed by atoms with Gasteiger partial charge in [-0.25, -0.2) is 0 Å². The number of halogens is 1. The van der Waals surface area contributed by atoms with E-state index < -0.39 is 8.32 Å². The molecule has 0 aromatic carbocycles. The summed E-state index contributed by atoms with van der Waals surface area (Å²) in [5, 5.41) is 0. The van der Waals surface area contributed by atoms with Gasteiger partial charge >= 0.3 is 0 Å². The molecule has 1 rings (SSSR count). The Bertz CT molecular complexity index is 384. The van der Waals surface area contributed by atoms with E-state index >= 15 is 0 Å². The maximum Gasteiger partial charge on any atom is 0.200 e. The summed E-state index contributed by atoms with van der Waals surface area (Å²) < 4.78 is 12.6. The fourth-order valence-corrected chi connectivity index (χ4v) is 9.74. The molecule has 0 spiro atoms. The van der Waals surface area contributed by atoms with Crippen molar-refractivity contribution in [2.24, 2.45) is 0 Å². The van der Waals surface area contributed by atoms with Crippen molar-refractivity contribution in [3.63, 3.8) is 0 Å². The Morgan fingerprint density at radius 3 is 2.22 bits per heavy atom. The summed E-state index contributed by atoms with van der Waals surface area (Å²) in [7, 11) is -1.83. The zero-order chi connectivity index (χ0) is 17.6. The van der Waals surface area contributed by atoms with Gasteiger partial charge in [0.25, 0.3) is 0 Å². The number of ether oxygens (including phenoxy) is 1. The number of allylic oxidation sites excluding steroid dienone is 1.